The molecule has 1 fully saturated rings. The highest BCUT2D eigenvalue weighted by Gasteiger charge is 2.31. The predicted molar refractivity (Wildman–Crippen MR) is 104 cm³/mol. The molecule has 7 heteroatoms. The fraction of sp³-hybridized carbons (Fsp3) is 0.409. The van der Waals surface area contributed by atoms with Crippen molar-refractivity contribution in [1.82, 2.24) is 9.80 Å². The number of nitrogens with zero attached hydrogens (tertiary/aromatic N) is 2. The van der Waals surface area contributed by atoms with Gasteiger partial charge in [-0.25, -0.2) is 0 Å². The Hall–Kier alpha value is -2.38. The number of likely N-dealkylation sites (N-methyl/N-ethyl adjacent to an activating group) is 1. The van der Waals surface area contributed by atoms with Crippen LogP contribution in [0.5, 0.6) is 0 Å². The van der Waals surface area contributed by atoms with Crippen molar-refractivity contribution >= 4 is 5.91 Å². The van der Waals surface area contributed by atoms with Gasteiger partial charge in [-0.3, -0.25) is 9.69 Å². The number of hydrogen-bond donors (Lipinski definition) is 1. The van der Waals surface area contributed by atoms with Gasteiger partial charge in [0.05, 0.1) is 24.1 Å². The van der Waals surface area contributed by atoms with Crippen LogP contribution in [0.3, 0.4) is 0 Å². The first kappa shape index (κ1) is 21.3. The summed E-state index contributed by atoms with van der Waals surface area (Å²) in [5, 5.41) is 9.80. The van der Waals surface area contributed by atoms with Crippen molar-refractivity contribution in [2.24, 2.45) is 0 Å². The van der Waals surface area contributed by atoms with Crippen LogP contribution in [0.4, 0.5) is 13.2 Å². The molecule has 29 heavy (non-hydrogen) atoms. The molecule has 1 aliphatic rings. The Kier molecular flexibility index (Phi) is 6.59. The van der Waals surface area contributed by atoms with E-state index in [1.54, 1.807) is 11.9 Å². The Balaban J connectivity index is 1.72. The second kappa shape index (κ2) is 8.97. The third-order valence-corrected chi connectivity index (χ3v) is 5.36. The van der Waals surface area contributed by atoms with Crippen molar-refractivity contribution in [2.45, 2.75) is 31.2 Å². The van der Waals surface area contributed by atoms with Crippen molar-refractivity contribution < 1.29 is 23.1 Å². The summed E-state index contributed by atoms with van der Waals surface area (Å²) >= 11 is 0. The average Bonchev–Trinajstić information content (AvgIpc) is 3.11. The number of aliphatic hydroxyl groups excluding tert-OH is 1. The zero-order valence-corrected chi connectivity index (χ0v) is 16.3. The van der Waals surface area contributed by atoms with Crippen LogP contribution in [0.2, 0.25) is 0 Å². The summed E-state index contributed by atoms with van der Waals surface area (Å²) < 4.78 is 38.2. The maximum Gasteiger partial charge on any atom is 0.416 e. The Morgan fingerprint density at radius 2 is 1.83 bits per heavy atom. The van der Waals surface area contributed by atoms with Crippen LogP contribution >= 0.6 is 0 Å². The van der Waals surface area contributed by atoms with E-state index in [0.717, 1.165) is 24.2 Å². The van der Waals surface area contributed by atoms with Crippen molar-refractivity contribution in [2.75, 3.05) is 26.7 Å². The number of benzene rings is 2. The molecule has 2 aromatic carbocycles. The maximum absolute atomic E-state index is 12.9. The smallest absolute Gasteiger partial charge is 0.392 e. The number of halogens is 3. The van der Waals surface area contributed by atoms with Crippen LogP contribution in [0.25, 0.3) is 0 Å². The van der Waals surface area contributed by atoms with E-state index in [1.807, 2.05) is 30.3 Å². The molecule has 3 rings (SSSR count). The highest BCUT2D eigenvalue weighted by molar-refractivity contribution is 5.79. The largest absolute Gasteiger partial charge is 0.416 e. The first-order valence-electron chi connectivity index (χ1n) is 9.61. The number of aliphatic hydroxyl groups is 1. The van der Waals surface area contributed by atoms with E-state index in [9.17, 15) is 23.1 Å². The van der Waals surface area contributed by atoms with Crippen LogP contribution in [0.1, 0.15) is 29.2 Å². The van der Waals surface area contributed by atoms with E-state index in [-0.39, 0.29) is 24.5 Å². The summed E-state index contributed by atoms with van der Waals surface area (Å²) in [6.07, 6.45) is -4.00. The second-order valence-electron chi connectivity index (χ2n) is 7.50. The topological polar surface area (TPSA) is 43.8 Å². The quantitative estimate of drug-likeness (QED) is 0.799. The van der Waals surface area contributed by atoms with Crippen molar-refractivity contribution in [3.05, 3.63) is 71.3 Å². The number of rotatable bonds is 6. The Morgan fingerprint density at radius 3 is 2.38 bits per heavy atom. The van der Waals surface area contributed by atoms with E-state index < -0.39 is 11.7 Å². The summed E-state index contributed by atoms with van der Waals surface area (Å²) in [4.78, 5) is 16.7. The zero-order valence-electron chi connectivity index (χ0n) is 16.3. The number of likely N-dealkylation sites (tertiary alicyclic amines) is 1. The predicted octanol–water partition coefficient (Wildman–Crippen LogP) is 3.51. The third kappa shape index (κ3) is 5.58. The molecule has 0 aromatic heterocycles. The van der Waals surface area contributed by atoms with E-state index in [0.29, 0.717) is 25.1 Å². The number of carbonyl (C=O) groups excluding carboxylic acids is 1. The van der Waals surface area contributed by atoms with Gasteiger partial charge in [-0.15, -0.1) is 0 Å². The van der Waals surface area contributed by atoms with Gasteiger partial charge in [0.15, 0.2) is 0 Å². The van der Waals surface area contributed by atoms with Gasteiger partial charge in [0.25, 0.3) is 0 Å². The zero-order chi connectivity index (χ0) is 21.0. The van der Waals surface area contributed by atoms with Crippen molar-refractivity contribution in [3.63, 3.8) is 0 Å². The highest BCUT2D eigenvalue weighted by Crippen LogP contribution is 2.29. The van der Waals surface area contributed by atoms with Crippen LogP contribution < -0.4 is 0 Å². The number of alkyl halides is 3. The van der Waals surface area contributed by atoms with Gasteiger partial charge in [0.1, 0.15) is 0 Å². The van der Waals surface area contributed by atoms with Gasteiger partial charge in [-0.1, -0.05) is 42.5 Å². The summed E-state index contributed by atoms with van der Waals surface area (Å²) in [6, 6.07) is 14.1. The molecule has 2 aromatic rings. The van der Waals surface area contributed by atoms with Gasteiger partial charge in [-0.2, -0.15) is 13.2 Å². The summed E-state index contributed by atoms with van der Waals surface area (Å²) in [5.74, 6) is -0.168. The lowest BCUT2D eigenvalue weighted by atomic mass is 10.0. The number of hydrogen-bond acceptors (Lipinski definition) is 3. The van der Waals surface area contributed by atoms with Crippen LogP contribution in [-0.4, -0.2) is 53.6 Å². The Labute approximate surface area is 168 Å². The molecule has 0 bridgehead atoms. The molecule has 0 aliphatic carbocycles. The molecule has 0 spiro atoms. The minimum atomic E-state index is -4.39. The molecule has 1 saturated heterocycles. The molecule has 1 N–H and O–H groups in total. The molecule has 4 nitrogen and oxygen atoms in total. The number of amides is 1. The fourth-order valence-electron chi connectivity index (χ4n) is 3.63. The van der Waals surface area contributed by atoms with E-state index in [4.69, 9.17) is 0 Å². The van der Waals surface area contributed by atoms with Crippen LogP contribution in [0, 0.1) is 0 Å². The molecule has 1 heterocycles. The van der Waals surface area contributed by atoms with Gasteiger partial charge in [-0.05, 0) is 29.7 Å². The highest BCUT2D eigenvalue weighted by atomic mass is 19.4. The maximum atomic E-state index is 12.9. The molecule has 0 radical (unpaired) electrons. The standard InChI is InChI=1S/C22H25F3N2O2/c1-26(21(29)13-16-7-9-18(10-8-16)22(23,24)25)20(17-5-3-2-4-6-17)15-27-12-11-19(28)14-27/h2-10,19-20,28H,11-15H2,1H3. The molecular formula is C22H25F3N2O2. The molecule has 156 valence electrons. The first-order chi connectivity index (χ1) is 13.7. The van der Waals surface area contributed by atoms with Gasteiger partial charge >= 0.3 is 6.18 Å². The molecule has 1 amide bonds. The Morgan fingerprint density at radius 1 is 1.17 bits per heavy atom. The van der Waals surface area contributed by atoms with Crippen molar-refractivity contribution in [1.29, 1.82) is 0 Å². The molecule has 2 unspecified atom stereocenters. The van der Waals surface area contributed by atoms with E-state index in [2.05, 4.69) is 4.90 Å². The molecule has 1 aliphatic heterocycles. The lowest BCUT2D eigenvalue weighted by Crippen LogP contribution is -2.39. The fourth-order valence-corrected chi connectivity index (χ4v) is 3.63. The number of carbonyl (C=O) groups is 1. The number of β-amino-alcohol motifs (C(OH)–C–C–N with tert-alkyl or cyclic N) is 1. The van der Waals surface area contributed by atoms with Crippen LogP contribution in [-0.2, 0) is 17.4 Å². The summed E-state index contributed by atoms with van der Waals surface area (Å²) in [7, 11) is 1.72. The Bertz CT molecular complexity index is 809. The van der Waals surface area contributed by atoms with Crippen molar-refractivity contribution in [3.8, 4) is 0 Å². The first-order valence-corrected chi connectivity index (χ1v) is 9.61. The summed E-state index contributed by atoms with van der Waals surface area (Å²) in [6.45, 7) is 1.94. The lowest BCUT2D eigenvalue weighted by molar-refractivity contribution is -0.137. The van der Waals surface area contributed by atoms with Gasteiger partial charge < -0.3 is 10.0 Å². The average molecular weight is 406 g/mol. The van der Waals surface area contributed by atoms with Gasteiger partial charge in [0.2, 0.25) is 5.91 Å². The van der Waals surface area contributed by atoms with E-state index in [1.165, 1.54) is 12.1 Å². The van der Waals surface area contributed by atoms with Gasteiger partial charge in [0, 0.05) is 26.7 Å². The summed E-state index contributed by atoms with van der Waals surface area (Å²) in [5.41, 5.74) is 0.798. The third-order valence-electron chi connectivity index (χ3n) is 5.36. The minimum absolute atomic E-state index is 0.0284. The monoisotopic (exact) mass is 406 g/mol. The molecule has 2 atom stereocenters. The SMILES string of the molecule is CN(C(=O)Cc1ccc(C(F)(F)F)cc1)C(CN1CCC(O)C1)c1ccccc1. The molecular weight excluding hydrogens is 381 g/mol. The minimum Gasteiger partial charge on any atom is -0.392 e. The van der Waals surface area contributed by atoms with Crippen LogP contribution in [0.15, 0.2) is 54.6 Å². The molecule has 0 saturated carbocycles. The van der Waals surface area contributed by atoms with E-state index >= 15 is 0 Å². The normalized spacial score (nSPS) is 18.6. The second-order valence-corrected chi connectivity index (χ2v) is 7.50. The lowest BCUT2D eigenvalue weighted by Gasteiger charge is -2.32.